The van der Waals surface area contributed by atoms with Gasteiger partial charge in [0.15, 0.2) is 0 Å². The van der Waals surface area contributed by atoms with Crippen molar-refractivity contribution >= 4 is 43.3 Å². The van der Waals surface area contributed by atoms with Gasteiger partial charge in [-0.3, -0.25) is 0 Å². The lowest BCUT2D eigenvalue weighted by molar-refractivity contribution is 0.567. The lowest BCUT2D eigenvalue weighted by Crippen LogP contribution is -2.07. The number of halogens is 3. The van der Waals surface area contributed by atoms with E-state index in [-0.39, 0.29) is 33.8 Å². The monoisotopic (exact) mass is 520 g/mol. The molecule has 0 aliphatic heterocycles. The van der Waals surface area contributed by atoms with Crippen LogP contribution >= 0.6 is 27.5 Å². The first kappa shape index (κ1) is 21.5. The molecule has 0 unspecified atom stereocenters. The van der Waals surface area contributed by atoms with Crippen molar-refractivity contribution in [3.63, 3.8) is 0 Å². The Morgan fingerprint density at radius 2 is 1.68 bits per heavy atom. The molecule has 4 aromatic rings. The van der Waals surface area contributed by atoms with E-state index >= 15 is 0 Å². The highest BCUT2D eigenvalue weighted by Gasteiger charge is 2.29. The molecule has 0 bridgehead atoms. The van der Waals surface area contributed by atoms with E-state index in [2.05, 4.69) is 26.2 Å². The molecule has 0 spiro atoms. The molecule has 3 aromatic carbocycles. The summed E-state index contributed by atoms with van der Waals surface area (Å²) < 4.78 is 47.3. The molecule has 0 atom stereocenters. The number of nitrogens with one attached hydrogen (secondary N) is 1. The molecule has 0 saturated carbocycles. The third-order valence-electron chi connectivity index (χ3n) is 4.48. The van der Waals surface area contributed by atoms with Gasteiger partial charge in [-0.1, -0.05) is 57.9 Å². The standard InChI is InChI=1S/C22H15BrClFN2O3S/c23-15-9-11-16(12-10-15)31(28,29)22-21(26-13-14-5-1-3-7-18(14)24)30-20(27-22)17-6-2-4-8-19(17)25/h1-12,26H,13H2. The van der Waals surface area contributed by atoms with Gasteiger partial charge in [-0.05, 0) is 48.0 Å². The van der Waals surface area contributed by atoms with Gasteiger partial charge >= 0.3 is 0 Å². The fourth-order valence-electron chi connectivity index (χ4n) is 2.89. The van der Waals surface area contributed by atoms with Crippen molar-refractivity contribution in [2.75, 3.05) is 5.32 Å². The first-order valence-corrected chi connectivity index (χ1v) is 11.8. The number of hydrogen-bond donors (Lipinski definition) is 1. The van der Waals surface area contributed by atoms with E-state index in [4.69, 9.17) is 16.0 Å². The van der Waals surface area contributed by atoms with Crippen molar-refractivity contribution in [1.82, 2.24) is 4.98 Å². The summed E-state index contributed by atoms with van der Waals surface area (Å²) in [5, 5.41) is 3.12. The molecule has 31 heavy (non-hydrogen) atoms. The Morgan fingerprint density at radius 3 is 2.39 bits per heavy atom. The lowest BCUT2D eigenvalue weighted by atomic mass is 10.2. The summed E-state index contributed by atoms with van der Waals surface area (Å²) in [5.41, 5.74) is 0.792. The third-order valence-corrected chi connectivity index (χ3v) is 7.05. The molecular formula is C22H15BrClFN2O3S. The summed E-state index contributed by atoms with van der Waals surface area (Å²) in [7, 11) is -4.04. The topological polar surface area (TPSA) is 72.2 Å². The van der Waals surface area contributed by atoms with Gasteiger partial charge in [-0.15, -0.1) is 0 Å². The van der Waals surface area contributed by atoms with Crippen molar-refractivity contribution in [3.8, 4) is 11.5 Å². The van der Waals surface area contributed by atoms with Gasteiger partial charge in [0.2, 0.25) is 26.6 Å². The van der Waals surface area contributed by atoms with Crippen LogP contribution in [0.4, 0.5) is 10.3 Å². The minimum atomic E-state index is -4.04. The summed E-state index contributed by atoms with van der Waals surface area (Å²) in [6.45, 7) is 0.189. The predicted octanol–water partition coefficient (Wildman–Crippen LogP) is 6.34. The Bertz CT molecular complexity index is 1340. The highest BCUT2D eigenvalue weighted by molar-refractivity contribution is 9.10. The molecule has 0 aliphatic carbocycles. The number of oxazole rings is 1. The minimum absolute atomic E-state index is 0.0323. The van der Waals surface area contributed by atoms with Crippen molar-refractivity contribution in [2.45, 2.75) is 16.5 Å². The molecule has 5 nitrogen and oxygen atoms in total. The van der Waals surface area contributed by atoms with Crippen LogP contribution in [0.25, 0.3) is 11.5 Å². The number of rotatable bonds is 6. The molecular weight excluding hydrogens is 507 g/mol. The van der Waals surface area contributed by atoms with Crippen LogP contribution in [0, 0.1) is 5.82 Å². The fourth-order valence-corrected chi connectivity index (χ4v) is 4.64. The second kappa shape index (κ2) is 8.82. The van der Waals surface area contributed by atoms with Crippen LogP contribution in [0.1, 0.15) is 5.56 Å². The van der Waals surface area contributed by atoms with Gasteiger partial charge < -0.3 is 9.73 Å². The van der Waals surface area contributed by atoms with Crippen LogP contribution < -0.4 is 5.32 Å². The van der Waals surface area contributed by atoms with Gasteiger partial charge in [-0.25, -0.2) is 12.8 Å². The highest BCUT2D eigenvalue weighted by Crippen LogP contribution is 2.34. The van der Waals surface area contributed by atoms with Gasteiger partial charge in [0.1, 0.15) is 5.82 Å². The average molecular weight is 522 g/mol. The second-order valence-electron chi connectivity index (χ2n) is 6.54. The normalized spacial score (nSPS) is 11.5. The largest absolute Gasteiger partial charge is 0.419 e. The second-order valence-corrected chi connectivity index (χ2v) is 9.72. The van der Waals surface area contributed by atoms with Crippen LogP contribution in [-0.2, 0) is 16.4 Å². The summed E-state index contributed by atoms with van der Waals surface area (Å²) in [6.07, 6.45) is 0. The SMILES string of the molecule is O=S(=O)(c1ccc(Br)cc1)c1nc(-c2ccccc2F)oc1NCc1ccccc1Cl. The van der Waals surface area contributed by atoms with E-state index in [0.29, 0.717) is 5.02 Å². The maximum Gasteiger partial charge on any atom is 0.234 e. The Morgan fingerprint density at radius 1 is 1.00 bits per heavy atom. The van der Waals surface area contributed by atoms with Crippen LogP contribution in [-0.4, -0.2) is 13.4 Å². The number of aromatic nitrogens is 1. The summed E-state index contributed by atoms with van der Waals surface area (Å²) >= 11 is 9.48. The average Bonchev–Trinajstić information content (AvgIpc) is 3.19. The molecule has 9 heteroatoms. The van der Waals surface area contributed by atoms with E-state index in [1.807, 2.05) is 6.07 Å². The molecule has 0 radical (unpaired) electrons. The number of hydrogen-bond acceptors (Lipinski definition) is 5. The first-order chi connectivity index (χ1) is 14.9. The summed E-state index contributed by atoms with van der Waals surface area (Å²) in [4.78, 5) is 4.18. The van der Waals surface area contributed by atoms with E-state index < -0.39 is 15.7 Å². The highest BCUT2D eigenvalue weighted by atomic mass is 79.9. The van der Waals surface area contributed by atoms with Crippen LogP contribution in [0.3, 0.4) is 0 Å². The number of sulfone groups is 1. The molecule has 0 fully saturated rings. The summed E-state index contributed by atoms with van der Waals surface area (Å²) in [6, 6.07) is 19.1. The van der Waals surface area contributed by atoms with Crippen LogP contribution in [0.2, 0.25) is 5.02 Å². The Labute approximate surface area is 191 Å². The predicted molar refractivity (Wildman–Crippen MR) is 120 cm³/mol. The number of benzene rings is 3. The molecule has 4 rings (SSSR count). The van der Waals surface area contributed by atoms with Gasteiger partial charge in [0, 0.05) is 16.0 Å². The van der Waals surface area contributed by atoms with E-state index in [1.54, 1.807) is 36.4 Å². The molecule has 0 saturated heterocycles. The Kier molecular flexibility index (Phi) is 6.13. The minimum Gasteiger partial charge on any atom is -0.419 e. The fraction of sp³-hybridized carbons (Fsp3) is 0.0455. The Hall–Kier alpha value is -2.68. The zero-order valence-corrected chi connectivity index (χ0v) is 19.0. The summed E-state index contributed by atoms with van der Waals surface area (Å²) in [5.74, 6) is -0.814. The van der Waals surface area contributed by atoms with E-state index in [0.717, 1.165) is 10.0 Å². The molecule has 0 aliphatic rings. The zero-order valence-electron chi connectivity index (χ0n) is 15.8. The van der Waals surface area contributed by atoms with E-state index in [1.165, 1.54) is 30.3 Å². The molecule has 1 N–H and O–H groups in total. The third kappa shape index (κ3) is 4.51. The number of nitrogens with zero attached hydrogens (tertiary/aromatic N) is 1. The van der Waals surface area contributed by atoms with Crippen LogP contribution in [0.15, 0.2) is 91.6 Å². The van der Waals surface area contributed by atoms with Crippen LogP contribution in [0.5, 0.6) is 0 Å². The quantitative estimate of drug-likeness (QED) is 0.320. The maximum atomic E-state index is 14.3. The maximum absolute atomic E-state index is 14.3. The van der Waals surface area contributed by atoms with Crippen molar-refractivity contribution < 1.29 is 17.2 Å². The van der Waals surface area contributed by atoms with Gasteiger partial charge in [0.05, 0.1) is 10.5 Å². The Balaban J connectivity index is 1.79. The molecule has 0 amide bonds. The zero-order chi connectivity index (χ0) is 22.0. The smallest absolute Gasteiger partial charge is 0.234 e. The number of anilines is 1. The van der Waals surface area contributed by atoms with Gasteiger partial charge in [0.25, 0.3) is 0 Å². The molecule has 158 valence electrons. The van der Waals surface area contributed by atoms with Gasteiger partial charge in [-0.2, -0.15) is 4.98 Å². The van der Waals surface area contributed by atoms with E-state index in [9.17, 15) is 12.8 Å². The molecule has 1 heterocycles. The lowest BCUT2D eigenvalue weighted by Gasteiger charge is -2.07. The first-order valence-electron chi connectivity index (χ1n) is 9.10. The van der Waals surface area contributed by atoms with Crippen molar-refractivity contribution in [3.05, 3.63) is 93.7 Å². The van der Waals surface area contributed by atoms with Crippen molar-refractivity contribution in [1.29, 1.82) is 0 Å². The molecule has 1 aromatic heterocycles. The van der Waals surface area contributed by atoms with Crippen molar-refractivity contribution in [2.24, 2.45) is 0 Å².